The van der Waals surface area contributed by atoms with Crippen LogP contribution in [-0.2, 0) is 4.74 Å². The number of nitrogen functional groups attached to an aromatic ring is 1. The number of aromatic nitrogens is 1. The summed E-state index contributed by atoms with van der Waals surface area (Å²) in [6.07, 6.45) is 2.73. The van der Waals surface area contributed by atoms with Crippen LogP contribution < -0.4 is 10.6 Å². The van der Waals surface area contributed by atoms with E-state index in [1.54, 1.807) is 0 Å². The predicted octanol–water partition coefficient (Wildman–Crippen LogP) is 2.04. The van der Waals surface area contributed by atoms with Gasteiger partial charge in [0.15, 0.2) is 0 Å². The maximum absolute atomic E-state index is 5.78. The summed E-state index contributed by atoms with van der Waals surface area (Å²) in [5.41, 5.74) is 6.88. The summed E-state index contributed by atoms with van der Waals surface area (Å²) < 4.78 is 9.86. The van der Waals surface area contributed by atoms with Gasteiger partial charge < -0.3 is 15.4 Å². The van der Waals surface area contributed by atoms with Crippen molar-refractivity contribution < 1.29 is 4.74 Å². The van der Waals surface area contributed by atoms with Crippen LogP contribution in [0.15, 0.2) is 0 Å². The minimum Gasteiger partial charge on any atom is -0.383 e. The van der Waals surface area contributed by atoms with Crippen LogP contribution in [0.5, 0.6) is 0 Å². The van der Waals surface area contributed by atoms with Crippen LogP contribution in [0.25, 0.3) is 0 Å². The Bertz CT molecular complexity index is 347. The molecule has 90 valence electrons. The molecule has 4 nitrogen and oxygen atoms in total. The minimum atomic E-state index is 0.377. The zero-order chi connectivity index (χ0) is 11.5. The van der Waals surface area contributed by atoms with Gasteiger partial charge in [0.05, 0.1) is 6.10 Å². The SMILES string of the molecule is CCN(CC1CCCO1)c1snc(N)c1C. The van der Waals surface area contributed by atoms with Gasteiger partial charge in [0.1, 0.15) is 10.8 Å². The largest absolute Gasteiger partial charge is 0.383 e. The van der Waals surface area contributed by atoms with Crippen molar-refractivity contribution in [3.05, 3.63) is 5.56 Å². The van der Waals surface area contributed by atoms with E-state index in [1.807, 2.05) is 6.92 Å². The van der Waals surface area contributed by atoms with E-state index in [9.17, 15) is 0 Å². The molecule has 1 aromatic heterocycles. The number of likely N-dealkylation sites (N-methyl/N-ethyl adjacent to an activating group) is 1. The van der Waals surface area contributed by atoms with Crippen molar-refractivity contribution in [3.8, 4) is 0 Å². The van der Waals surface area contributed by atoms with E-state index in [2.05, 4.69) is 16.2 Å². The van der Waals surface area contributed by atoms with E-state index >= 15 is 0 Å². The molecule has 1 saturated heterocycles. The molecular weight excluding hydrogens is 222 g/mol. The molecule has 1 aliphatic heterocycles. The molecule has 0 aliphatic carbocycles. The van der Waals surface area contributed by atoms with Gasteiger partial charge in [-0.25, -0.2) is 0 Å². The molecule has 0 spiro atoms. The highest BCUT2D eigenvalue weighted by molar-refractivity contribution is 7.10. The second kappa shape index (κ2) is 5.01. The van der Waals surface area contributed by atoms with Gasteiger partial charge in [-0.05, 0) is 38.2 Å². The van der Waals surface area contributed by atoms with Crippen molar-refractivity contribution in [1.29, 1.82) is 0 Å². The third-order valence-electron chi connectivity index (χ3n) is 3.05. The van der Waals surface area contributed by atoms with Crippen molar-refractivity contribution in [2.45, 2.75) is 32.8 Å². The summed E-state index contributed by atoms with van der Waals surface area (Å²) in [6.45, 7) is 7.03. The van der Waals surface area contributed by atoms with Crippen LogP contribution >= 0.6 is 11.5 Å². The van der Waals surface area contributed by atoms with E-state index in [0.717, 1.165) is 25.3 Å². The Morgan fingerprint density at radius 2 is 2.44 bits per heavy atom. The molecule has 2 heterocycles. The van der Waals surface area contributed by atoms with Gasteiger partial charge in [-0.1, -0.05) is 0 Å². The predicted molar refractivity (Wildman–Crippen MR) is 68.1 cm³/mol. The summed E-state index contributed by atoms with van der Waals surface area (Å²) in [6, 6.07) is 0. The normalized spacial score (nSPS) is 20.2. The summed E-state index contributed by atoms with van der Waals surface area (Å²) in [4.78, 5) is 2.32. The smallest absolute Gasteiger partial charge is 0.142 e. The van der Waals surface area contributed by atoms with Gasteiger partial charge in [0.25, 0.3) is 0 Å². The highest BCUT2D eigenvalue weighted by Crippen LogP contribution is 2.30. The Morgan fingerprint density at radius 3 is 2.94 bits per heavy atom. The molecule has 0 aromatic carbocycles. The van der Waals surface area contributed by atoms with Gasteiger partial charge >= 0.3 is 0 Å². The van der Waals surface area contributed by atoms with Crippen molar-refractivity contribution in [1.82, 2.24) is 4.37 Å². The first-order valence-electron chi connectivity index (χ1n) is 5.80. The number of hydrogen-bond donors (Lipinski definition) is 1. The monoisotopic (exact) mass is 241 g/mol. The van der Waals surface area contributed by atoms with Gasteiger partial charge in [0.2, 0.25) is 0 Å². The zero-order valence-electron chi connectivity index (χ0n) is 9.90. The van der Waals surface area contributed by atoms with E-state index in [-0.39, 0.29) is 0 Å². The third-order valence-corrected chi connectivity index (χ3v) is 4.08. The molecule has 1 fully saturated rings. The first-order valence-corrected chi connectivity index (χ1v) is 6.58. The van der Waals surface area contributed by atoms with E-state index in [4.69, 9.17) is 10.5 Å². The molecule has 1 atom stereocenters. The van der Waals surface area contributed by atoms with E-state index < -0.39 is 0 Å². The van der Waals surface area contributed by atoms with E-state index in [1.165, 1.54) is 29.4 Å². The topological polar surface area (TPSA) is 51.4 Å². The highest BCUT2D eigenvalue weighted by atomic mass is 32.1. The highest BCUT2D eigenvalue weighted by Gasteiger charge is 2.21. The fourth-order valence-electron chi connectivity index (χ4n) is 2.02. The molecule has 16 heavy (non-hydrogen) atoms. The van der Waals surface area contributed by atoms with Crippen molar-refractivity contribution in [2.24, 2.45) is 0 Å². The molecule has 1 aromatic rings. The quantitative estimate of drug-likeness (QED) is 0.876. The number of hydrogen-bond acceptors (Lipinski definition) is 5. The first-order chi connectivity index (χ1) is 7.72. The number of anilines is 2. The van der Waals surface area contributed by atoms with Crippen LogP contribution in [0, 0.1) is 6.92 Å². The second-order valence-corrected chi connectivity index (χ2v) is 4.92. The Hall–Kier alpha value is -0.810. The van der Waals surface area contributed by atoms with Crippen LogP contribution in [0.4, 0.5) is 10.8 Å². The van der Waals surface area contributed by atoms with Crippen LogP contribution in [-0.4, -0.2) is 30.2 Å². The Balaban J connectivity index is 2.06. The number of nitrogens with zero attached hydrogens (tertiary/aromatic N) is 2. The maximum atomic E-state index is 5.78. The van der Waals surface area contributed by atoms with Crippen molar-refractivity contribution in [3.63, 3.8) is 0 Å². The van der Waals surface area contributed by atoms with Gasteiger partial charge in [-0.15, -0.1) is 0 Å². The average Bonchev–Trinajstić information content (AvgIpc) is 2.88. The van der Waals surface area contributed by atoms with Crippen molar-refractivity contribution >= 4 is 22.4 Å². The third kappa shape index (κ3) is 2.30. The summed E-state index contributed by atoms with van der Waals surface area (Å²) >= 11 is 1.49. The molecule has 0 bridgehead atoms. The molecule has 0 amide bonds. The molecule has 2 rings (SSSR count). The van der Waals surface area contributed by atoms with Crippen molar-refractivity contribution in [2.75, 3.05) is 30.3 Å². The molecule has 5 heteroatoms. The van der Waals surface area contributed by atoms with Gasteiger partial charge in [0, 0.05) is 25.3 Å². The zero-order valence-corrected chi connectivity index (χ0v) is 10.7. The Kier molecular flexibility index (Phi) is 3.66. The lowest BCUT2D eigenvalue weighted by Gasteiger charge is -2.24. The fourth-order valence-corrected chi connectivity index (χ4v) is 2.91. The van der Waals surface area contributed by atoms with Gasteiger partial charge in [-0.3, -0.25) is 0 Å². The summed E-state index contributed by atoms with van der Waals surface area (Å²) in [5.74, 6) is 0.658. The maximum Gasteiger partial charge on any atom is 0.142 e. The molecule has 1 aliphatic rings. The molecule has 2 N–H and O–H groups in total. The lowest BCUT2D eigenvalue weighted by molar-refractivity contribution is 0.116. The molecule has 1 unspecified atom stereocenters. The Labute approximate surface area is 101 Å². The summed E-state index contributed by atoms with van der Waals surface area (Å²) in [7, 11) is 0. The van der Waals surface area contributed by atoms with Gasteiger partial charge in [-0.2, -0.15) is 4.37 Å². The van der Waals surface area contributed by atoms with Crippen LogP contribution in [0.2, 0.25) is 0 Å². The lowest BCUT2D eigenvalue weighted by Crippen LogP contribution is -2.31. The van der Waals surface area contributed by atoms with Crippen LogP contribution in [0.1, 0.15) is 25.3 Å². The average molecular weight is 241 g/mol. The number of nitrogens with two attached hydrogens (primary N) is 1. The molecule has 0 saturated carbocycles. The molecular formula is C11H19N3OS. The standard InChI is InChI=1S/C11H19N3OS/c1-3-14(7-9-5-4-6-15-9)11-8(2)10(12)13-16-11/h9H,3-7H2,1-2H3,(H2,12,13). The minimum absolute atomic E-state index is 0.377. The number of ether oxygens (including phenoxy) is 1. The summed E-state index contributed by atoms with van der Waals surface area (Å²) in [5, 5.41) is 1.19. The van der Waals surface area contributed by atoms with E-state index in [0.29, 0.717) is 11.9 Å². The Morgan fingerprint density at radius 1 is 1.62 bits per heavy atom. The first kappa shape index (κ1) is 11.7. The lowest BCUT2D eigenvalue weighted by atomic mass is 10.2. The molecule has 0 radical (unpaired) electrons. The fraction of sp³-hybridized carbons (Fsp3) is 0.727. The second-order valence-electron chi connectivity index (χ2n) is 4.17. The van der Waals surface area contributed by atoms with Crippen LogP contribution in [0.3, 0.4) is 0 Å². The number of rotatable bonds is 4.